The van der Waals surface area contributed by atoms with Crippen LogP contribution in [0.3, 0.4) is 0 Å². The molecule has 52 heavy (non-hydrogen) atoms. The fourth-order valence-corrected chi connectivity index (χ4v) is 11.0. The molecule has 9 aromatic rings. The largest absolute Gasteiger partial charge is 0.456 e. The lowest BCUT2D eigenvalue weighted by Gasteiger charge is -2.20. The fraction of sp³-hybridized carbons (Fsp3) is 0.0426. The van der Waals surface area contributed by atoms with Gasteiger partial charge < -0.3 is 4.42 Å². The predicted molar refractivity (Wildman–Crippen MR) is 216 cm³/mol. The number of furan rings is 1. The van der Waals surface area contributed by atoms with Crippen LogP contribution in [0.1, 0.15) is 0 Å². The molecule has 0 amide bonds. The zero-order valence-corrected chi connectivity index (χ0v) is 29.8. The summed E-state index contributed by atoms with van der Waals surface area (Å²) in [4.78, 5) is 15.8. The second-order valence-corrected chi connectivity index (χ2v) is 18.3. The highest BCUT2D eigenvalue weighted by molar-refractivity contribution is 7.04. The Hall–Kier alpha value is -6.43. The Kier molecular flexibility index (Phi) is 6.91. The minimum absolute atomic E-state index is 0.603. The van der Waals surface area contributed by atoms with E-state index in [2.05, 4.69) is 140 Å². The number of para-hydroxylation sites is 1. The molecule has 2 aromatic heterocycles. The van der Waals surface area contributed by atoms with Gasteiger partial charge in [0.25, 0.3) is 0 Å². The van der Waals surface area contributed by atoms with Crippen molar-refractivity contribution in [1.29, 1.82) is 0 Å². The molecule has 0 aliphatic carbocycles. The Labute approximate surface area is 303 Å². The quantitative estimate of drug-likeness (QED) is 0.169. The molecule has 1 aliphatic heterocycles. The lowest BCUT2D eigenvalue weighted by Crippen LogP contribution is -2.49. The topological polar surface area (TPSA) is 51.8 Å². The number of hydrogen-bond donors (Lipinski definition) is 0. The third kappa shape index (κ3) is 4.85. The average molecular weight is 684 g/mol. The van der Waals surface area contributed by atoms with Gasteiger partial charge in [-0.1, -0.05) is 153 Å². The molecule has 0 unspecified atom stereocenters. The molecule has 0 fully saturated rings. The van der Waals surface area contributed by atoms with Crippen molar-refractivity contribution < 1.29 is 4.42 Å². The van der Waals surface area contributed by atoms with Crippen molar-refractivity contribution in [2.45, 2.75) is 13.1 Å². The number of hydrogen-bond acceptors (Lipinski definition) is 4. The van der Waals surface area contributed by atoms with E-state index in [1.807, 2.05) is 36.4 Å². The maximum Gasteiger partial charge on any atom is 0.164 e. The summed E-state index contributed by atoms with van der Waals surface area (Å²) in [6.45, 7) is 4.91. The standard InChI is InChI=1S/C47H33N3OSi/c1-52(2)42-25-15-13-23-35(42)44-37(31-18-8-4-9-19-31)26-33(27-43(44)52)46-48-45(32-20-10-5-11-21-32)49-47(50-46)39-29-41-38(34-22-12-14-24-40(34)51-41)28-36(39)30-16-6-3-7-17-30/h3-29H,1-2H3. The number of benzene rings is 7. The van der Waals surface area contributed by atoms with Crippen LogP contribution < -0.4 is 10.4 Å². The predicted octanol–water partition coefficient (Wildman–Crippen LogP) is 10.9. The second kappa shape index (κ2) is 11.8. The van der Waals surface area contributed by atoms with Crippen molar-refractivity contribution in [1.82, 2.24) is 15.0 Å². The van der Waals surface area contributed by atoms with E-state index in [-0.39, 0.29) is 0 Å². The Morgan fingerprint density at radius 2 is 0.962 bits per heavy atom. The van der Waals surface area contributed by atoms with Crippen LogP contribution in [-0.4, -0.2) is 23.0 Å². The SMILES string of the molecule is C[Si]1(C)c2ccccc2-c2c(-c3ccccc3)cc(-c3nc(-c4ccccc4)nc(-c4cc5oc6ccccc6c5cc4-c4ccccc4)n3)cc21. The van der Waals surface area contributed by atoms with Crippen LogP contribution in [0.25, 0.3) is 89.5 Å². The maximum absolute atomic E-state index is 6.44. The van der Waals surface area contributed by atoms with E-state index in [1.165, 1.54) is 32.6 Å². The number of fused-ring (bicyclic) bond motifs is 6. The van der Waals surface area contributed by atoms with Crippen molar-refractivity contribution in [2.24, 2.45) is 0 Å². The molecule has 0 saturated carbocycles. The lowest BCUT2D eigenvalue weighted by atomic mass is 9.92. The highest BCUT2D eigenvalue weighted by Gasteiger charge is 2.39. The van der Waals surface area contributed by atoms with Crippen molar-refractivity contribution in [3.63, 3.8) is 0 Å². The van der Waals surface area contributed by atoms with Crippen molar-refractivity contribution in [2.75, 3.05) is 0 Å². The monoisotopic (exact) mass is 683 g/mol. The van der Waals surface area contributed by atoms with Crippen LogP contribution in [0.4, 0.5) is 0 Å². The lowest BCUT2D eigenvalue weighted by molar-refractivity contribution is 0.669. The van der Waals surface area contributed by atoms with Gasteiger partial charge in [0.05, 0.1) is 0 Å². The summed E-state index contributed by atoms with van der Waals surface area (Å²) in [7, 11) is -2.05. The van der Waals surface area contributed by atoms with E-state index < -0.39 is 8.07 Å². The average Bonchev–Trinajstić information content (AvgIpc) is 3.69. The van der Waals surface area contributed by atoms with E-state index in [1.54, 1.807) is 0 Å². The van der Waals surface area contributed by atoms with Gasteiger partial charge in [0.15, 0.2) is 17.5 Å². The first-order valence-corrected chi connectivity index (χ1v) is 20.7. The minimum atomic E-state index is -2.05. The first-order valence-electron chi connectivity index (χ1n) is 17.7. The molecule has 4 nitrogen and oxygen atoms in total. The Balaban J connectivity index is 1.26. The van der Waals surface area contributed by atoms with Gasteiger partial charge in [0.2, 0.25) is 0 Å². The third-order valence-corrected chi connectivity index (χ3v) is 14.1. The zero-order valence-electron chi connectivity index (χ0n) is 28.8. The van der Waals surface area contributed by atoms with E-state index in [4.69, 9.17) is 19.4 Å². The molecule has 0 atom stereocenters. The normalized spacial score (nSPS) is 13.0. The van der Waals surface area contributed by atoms with E-state index in [0.717, 1.165) is 49.8 Å². The summed E-state index contributed by atoms with van der Waals surface area (Å²) in [6, 6.07) is 57.6. The molecular formula is C47H33N3OSi. The third-order valence-electron chi connectivity index (χ3n) is 10.5. The second-order valence-electron chi connectivity index (χ2n) is 14.0. The summed E-state index contributed by atoms with van der Waals surface area (Å²) in [5.41, 5.74) is 11.7. The number of nitrogens with zero attached hydrogens (tertiary/aromatic N) is 3. The Bertz CT molecular complexity index is 2810. The molecule has 0 spiro atoms. The van der Waals surface area contributed by atoms with E-state index in [0.29, 0.717) is 17.5 Å². The zero-order chi connectivity index (χ0) is 34.8. The van der Waals surface area contributed by atoms with E-state index in [9.17, 15) is 0 Å². The summed E-state index contributed by atoms with van der Waals surface area (Å²) in [5, 5.41) is 5.02. The van der Waals surface area contributed by atoms with Crippen LogP contribution in [0.15, 0.2) is 168 Å². The van der Waals surface area contributed by atoms with Crippen LogP contribution in [-0.2, 0) is 0 Å². The molecule has 0 radical (unpaired) electrons. The van der Waals surface area contributed by atoms with Gasteiger partial charge in [-0.05, 0) is 68.0 Å². The van der Waals surface area contributed by atoms with Gasteiger partial charge in [-0.15, -0.1) is 0 Å². The molecule has 10 rings (SSSR count). The molecule has 7 aromatic carbocycles. The smallest absolute Gasteiger partial charge is 0.164 e. The molecule has 246 valence electrons. The van der Waals surface area contributed by atoms with Gasteiger partial charge in [-0.3, -0.25) is 0 Å². The molecule has 0 N–H and O–H groups in total. The van der Waals surface area contributed by atoms with Crippen molar-refractivity contribution in [3.8, 4) is 67.5 Å². The van der Waals surface area contributed by atoms with Crippen LogP contribution in [0, 0.1) is 0 Å². The summed E-state index contributed by atoms with van der Waals surface area (Å²) in [5.74, 6) is 1.88. The van der Waals surface area contributed by atoms with E-state index >= 15 is 0 Å². The molecule has 5 heteroatoms. The van der Waals surface area contributed by atoms with Crippen LogP contribution in [0.5, 0.6) is 0 Å². The highest BCUT2D eigenvalue weighted by Crippen LogP contribution is 2.41. The summed E-state index contributed by atoms with van der Waals surface area (Å²) >= 11 is 0. The minimum Gasteiger partial charge on any atom is -0.456 e. The molecule has 0 saturated heterocycles. The van der Waals surface area contributed by atoms with Gasteiger partial charge in [0.1, 0.15) is 19.2 Å². The van der Waals surface area contributed by atoms with Gasteiger partial charge >= 0.3 is 0 Å². The fourth-order valence-electron chi connectivity index (χ4n) is 7.95. The maximum atomic E-state index is 6.44. The summed E-state index contributed by atoms with van der Waals surface area (Å²) < 4.78 is 6.44. The van der Waals surface area contributed by atoms with Gasteiger partial charge in [-0.2, -0.15) is 0 Å². The Morgan fingerprint density at radius 1 is 0.385 bits per heavy atom. The van der Waals surface area contributed by atoms with Gasteiger partial charge in [0, 0.05) is 27.5 Å². The van der Waals surface area contributed by atoms with Crippen molar-refractivity contribution >= 4 is 40.4 Å². The number of rotatable bonds is 5. The van der Waals surface area contributed by atoms with Crippen LogP contribution >= 0.6 is 0 Å². The molecule has 0 bridgehead atoms. The van der Waals surface area contributed by atoms with Crippen LogP contribution in [0.2, 0.25) is 13.1 Å². The highest BCUT2D eigenvalue weighted by atomic mass is 28.3. The molecule has 3 heterocycles. The Morgan fingerprint density at radius 3 is 1.69 bits per heavy atom. The summed E-state index contributed by atoms with van der Waals surface area (Å²) in [6.07, 6.45) is 0. The van der Waals surface area contributed by atoms with Crippen molar-refractivity contribution in [3.05, 3.63) is 164 Å². The molecule has 1 aliphatic rings. The number of aromatic nitrogens is 3. The van der Waals surface area contributed by atoms with Gasteiger partial charge in [-0.25, -0.2) is 15.0 Å². The first-order chi connectivity index (χ1) is 25.5. The first kappa shape index (κ1) is 30.4. The molecular weight excluding hydrogens is 651 g/mol.